The fraction of sp³-hybridized carbons (Fsp3) is 1.00. The summed E-state index contributed by atoms with van der Waals surface area (Å²) >= 11 is 0. The molecule has 0 radical (unpaired) electrons. The van der Waals surface area contributed by atoms with E-state index in [1.807, 2.05) is 0 Å². The summed E-state index contributed by atoms with van der Waals surface area (Å²) in [4.78, 5) is 0. The van der Waals surface area contributed by atoms with Gasteiger partial charge in [-0.25, -0.2) is 0 Å². The Hall–Kier alpha value is 0. The Kier molecular flexibility index (Phi) is 24.0. The number of unbranched alkanes of at least 4 members (excludes halogenated alkanes) is 17. The van der Waals surface area contributed by atoms with Crippen molar-refractivity contribution < 1.29 is 0 Å². The van der Waals surface area contributed by atoms with Crippen molar-refractivity contribution in [2.24, 2.45) is 5.92 Å². The van der Waals surface area contributed by atoms with Crippen molar-refractivity contribution in [1.82, 2.24) is 0 Å². The minimum absolute atomic E-state index is 1.04. The van der Waals surface area contributed by atoms with Gasteiger partial charge in [0.2, 0.25) is 0 Å². The van der Waals surface area contributed by atoms with Crippen LogP contribution >= 0.6 is 0 Å². The van der Waals surface area contributed by atoms with Crippen molar-refractivity contribution in [3.05, 3.63) is 0 Å². The Morgan fingerprint density at radius 1 is 0.296 bits per heavy atom. The molecule has 0 aliphatic carbocycles. The summed E-state index contributed by atoms with van der Waals surface area (Å²) in [5.74, 6) is 1.04. The summed E-state index contributed by atoms with van der Waals surface area (Å²) in [6.45, 7) is 6.99. The van der Waals surface area contributed by atoms with Crippen LogP contribution in [0.1, 0.15) is 168 Å². The molecular formula is C27H56. The van der Waals surface area contributed by atoms with Crippen LogP contribution in [0.3, 0.4) is 0 Å². The van der Waals surface area contributed by atoms with Crippen molar-refractivity contribution in [1.29, 1.82) is 0 Å². The van der Waals surface area contributed by atoms with Gasteiger partial charge in [-0.05, 0) is 5.92 Å². The van der Waals surface area contributed by atoms with Crippen LogP contribution in [-0.4, -0.2) is 0 Å². The standard InChI is InChI=1S/C27H56/c1-4-7-9-11-13-15-16-17-19-21-23-26-27(24-6-3)25-22-20-18-14-12-10-8-5-2/h27H,4-26H2,1-3H3. The first-order chi connectivity index (χ1) is 13.3. The Labute approximate surface area is 174 Å². The highest BCUT2D eigenvalue weighted by molar-refractivity contribution is 4.61. The molecule has 0 bridgehead atoms. The summed E-state index contributed by atoms with van der Waals surface area (Å²) in [5, 5.41) is 0. The first-order valence-electron chi connectivity index (χ1n) is 13.3. The van der Waals surface area contributed by atoms with Gasteiger partial charge >= 0.3 is 0 Å². The lowest BCUT2D eigenvalue weighted by molar-refractivity contribution is 0.377. The fourth-order valence-electron chi connectivity index (χ4n) is 4.51. The minimum atomic E-state index is 1.04. The summed E-state index contributed by atoms with van der Waals surface area (Å²) < 4.78 is 0. The maximum absolute atomic E-state index is 2.38. The van der Waals surface area contributed by atoms with E-state index in [-0.39, 0.29) is 0 Å². The van der Waals surface area contributed by atoms with Crippen LogP contribution < -0.4 is 0 Å². The van der Waals surface area contributed by atoms with E-state index in [2.05, 4.69) is 20.8 Å². The van der Waals surface area contributed by atoms with Crippen LogP contribution in [0.25, 0.3) is 0 Å². The van der Waals surface area contributed by atoms with E-state index >= 15 is 0 Å². The summed E-state index contributed by atoms with van der Waals surface area (Å²) in [6, 6.07) is 0. The van der Waals surface area contributed by atoms with Gasteiger partial charge in [0.05, 0.1) is 0 Å². The summed E-state index contributed by atoms with van der Waals surface area (Å²) in [7, 11) is 0. The quantitative estimate of drug-likeness (QED) is 0.155. The molecule has 0 aromatic heterocycles. The van der Waals surface area contributed by atoms with E-state index in [1.165, 1.54) is 148 Å². The predicted molar refractivity (Wildman–Crippen MR) is 127 cm³/mol. The van der Waals surface area contributed by atoms with Crippen molar-refractivity contribution in [2.75, 3.05) is 0 Å². The van der Waals surface area contributed by atoms with Crippen LogP contribution in [0, 0.1) is 5.92 Å². The molecule has 1 unspecified atom stereocenters. The molecule has 0 nitrogen and oxygen atoms in total. The molecule has 0 heteroatoms. The van der Waals surface area contributed by atoms with Gasteiger partial charge in [0.1, 0.15) is 0 Å². The number of hydrogen-bond acceptors (Lipinski definition) is 0. The van der Waals surface area contributed by atoms with Gasteiger partial charge in [-0.15, -0.1) is 0 Å². The molecule has 0 heterocycles. The zero-order chi connectivity index (χ0) is 19.8. The van der Waals surface area contributed by atoms with E-state index in [1.54, 1.807) is 0 Å². The van der Waals surface area contributed by atoms with Crippen LogP contribution in [0.4, 0.5) is 0 Å². The second kappa shape index (κ2) is 24.0. The molecule has 0 aliphatic heterocycles. The maximum Gasteiger partial charge on any atom is -0.0414 e. The molecule has 0 spiro atoms. The van der Waals surface area contributed by atoms with Crippen molar-refractivity contribution in [3.8, 4) is 0 Å². The van der Waals surface area contributed by atoms with Crippen molar-refractivity contribution >= 4 is 0 Å². The van der Waals surface area contributed by atoms with Gasteiger partial charge in [0.15, 0.2) is 0 Å². The highest BCUT2D eigenvalue weighted by Crippen LogP contribution is 2.23. The molecule has 1 atom stereocenters. The van der Waals surface area contributed by atoms with E-state index in [0.717, 1.165) is 5.92 Å². The zero-order valence-corrected chi connectivity index (χ0v) is 19.8. The lowest BCUT2D eigenvalue weighted by Gasteiger charge is -2.16. The van der Waals surface area contributed by atoms with Gasteiger partial charge < -0.3 is 0 Å². The molecule has 0 saturated carbocycles. The molecule has 0 fully saturated rings. The van der Waals surface area contributed by atoms with Gasteiger partial charge in [-0.3, -0.25) is 0 Å². The second-order valence-corrected chi connectivity index (χ2v) is 9.24. The van der Waals surface area contributed by atoms with Crippen LogP contribution in [0.2, 0.25) is 0 Å². The SMILES string of the molecule is CCCCCCCCCCCCCC(CCC)CCCCCCCCCC. The monoisotopic (exact) mass is 380 g/mol. The Balaban J connectivity index is 3.40. The molecule has 27 heavy (non-hydrogen) atoms. The Bertz CT molecular complexity index is 244. The largest absolute Gasteiger partial charge is 0.0654 e. The molecular weight excluding hydrogens is 324 g/mol. The fourth-order valence-corrected chi connectivity index (χ4v) is 4.51. The molecule has 0 rings (SSSR count). The Morgan fingerprint density at radius 3 is 0.889 bits per heavy atom. The topological polar surface area (TPSA) is 0 Å². The smallest absolute Gasteiger partial charge is 0.0414 e. The van der Waals surface area contributed by atoms with E-state index < -0.39 is 0 Å². The second-order valence-electron chi connectivity index (χ2n) is 9.24. The van der Waals surface area contributed by atoms with Gasteiger partial charge in [-0.2, -0.15) is 0 Å². The van der Waals surface area contributed by atoms with Gasteiger partial charge in [-0.1, -0.05) is 168 Å². The lowest BCUT2D eigenvalue weighted by atomic mass is 9.90. The highest BCUT2D eigenvalue weighted by Gasteiger charge is 2.07. The van der Waals surface area contributed by atoms with Crippen LogP contribution in [0.15, 0.2) is 0 Å². The normalized spacial score (nSPS) is 12.6. The average molecular weight is 381 g/mol. The number of rotatable bonds is 23. The first kappa shape index (κ1) is 27.0. The molecule has 0 amide bonds. The van der Waals surface area contributed by atoms with E-state index in [9.17, 15) is 0 Å². The molecule has 0 saturated heterocycles. The van der Waals surface area contributed by atoms with Gasteiger partial charge in [0, 0.05) is 0 Å². The Morgan fingerprint density at radius 2 is 0.593 bits per heavy atom. The van der Waals surface area contributed by atoms with Gasteiger partial charge in [0.25, 0.3) is 0 Å². The van der Waals surface area contributed by atoms with Crippen molar-refractivity contribution in [3.63, 3.8) is 0 Å². The summed E-state index contributed by atoms with van der Waals surface area (Å²) in [5.41, 5.74) is 0. The third-order valence-electron chi connectivity index (χ3n) is 6.38. The number of hydrogen-bond donors (Lipinski definition) is 0. The van der Waals surface area contributed by atoms with E-state index in [0.29, 0.717) is 0 Å². The molecule has 164 valence electrons. The van der Waals surface area contributed by atoms with E-state index in [4.69, 9.17) is 0 Å². The zero-order valence-electron chi connectivity index (χ0n) is 19.8. The predicted octanol–water partition coefficient (Wildman–Crippen LogP) is 10.6. The third kappa shape index (κ3) is 22.2. The minimum Gasteiger partial charge on any atom is -0.0654 e. The van der Waals surface area contributed by atoms with Crippen LogP contribution in [-0.2, 0) is 0 Å². The van der Waals surface area contributed by atoms with Crippen LogP contribution in [0.5, 0.6) is 0 Å². The lowest BCUT2D eigenvalue weighted by Crippen LogP contribution is -2.00. The molecule has 0 aliphatic rings. The first-order valence-corrected chi connectivity index (χ1v) is 13.3. The molecule has 0 N–H and O–H groups in total. The van der Waals surface area contributed by atoms with Crippen molar-refractivity contribution in [2.45, 2.75) is 168 Å². The highest BCUT2D eigenvalue weighted by atomic mass is 14.1. The third-order valence-corrected chi connectivity index (χ3v) is 6.38. The molecule has 0 aromatic carbocycles. The average Bonchev–Trinajstić information content (AvgIpc) is 2.68. The summed E-state index contributed by atoms with van der Waals surface area (Å²) in [6.07, 6.45) is 33.8. The maximum atomic E-state index is 2.38. The molecule has 0 aromatic rings.